The zero-order valence-corrected chi connectivity index (χ0v) is 11.2. The lowest BCUT2D eigenvalue weighted by Gasteiger charge is -2.26. The van der Waals surface area contributed by atoms with Gasteiger partial charge in [0.25, 0.3) is 5.91 Å². The molecular weight excluding hydrogens is 265 g/mol. The fourth-order valence-electron chi connectivity index (χ4n) is 1.95. The molecule has 0 bridgehead atoms. The van der Waals surface area contributed by atoms with Gasteiger partial charge in [-0.2, -0.15) is 0 Å². The molecule has 0 N–H and O–H groups in total. The summed E-state index contributed by atoms with van der Waals surface area (Å²) >= 11 is 0. The molecular formula is C14H16FNO4. The summed E-state index contributed by atoms with van der Waals surface area (Å²) < 4.78 is 23.6. The van der Waals surface area contributed by atoms with E-state index in [4.69, 9.17) is 9.47 Å². The van der Waals surface area contributed by atoms with Crippen LogP contribution in [-0.2, 0) is 9.53 Å². The number of amides is 1. The monoisotopic (exact) mass is 281 g/mol. The Kier molecular flexibility index (Phi) is 4.68. The minimum atomic E-state index is -0.510. The molecule has 2 rings (SSSR count). The van der Waals surface area contributed by atoms with Crippen LogP contribution < -0.4 is 4.74 Å². The summed E-state index contributed by atoms with van der Waals surface area (Å²) in [5.74, 6) is -0.853. The normalized spacial score (nSPS) is 15.0. The Morgan fingerprint density at radius 2 is 2.05 bits per heavy atom. The summed E-state index contributed by atoms with van der Waals surface area (Å²) in [5, 5.41) is 0. The highest BCUT2D eigenvalue weighted by Gasteiger charge is 2.18. The van der Waals surface area contributed by atoms with Gasteiger partial charge in [0.15, 0.2) is 12.4 Å². The van der Waals surface area contributed by atoms with Crippen LogP contribution in [0.25, 0.3) is 0 Å². The van der Waals surface area contributed by atoms with E-state index < -0.39 is 5.82 Å². The molecule has 1 amide bonds. The molecule has 0 aromatic heterocycles. The van der Waals surface area contributed by atoms with Gasteiger partial charge in [0, 0.05) is 19.2 Å². The maximum absolute atomic E-state index is 13.2. The topological polar surface area (TPSA) is 55.8 Å². The lowest BCUT2D eigenvalue weighted by Crippen LogP contribution is -2.43. The second-order valence-corrected chi connectivity index (χ2v) is 4.48. The van der Waals surface area contributed by atoms with Gasteiger partial charge >= 0.3 is 0 Å². The maximum Gasteiger partial charge on any atom is 0.260 e. The average molecular weight is 281 g/mol. The van der Waals surface area contributed by atoms with E-state index in [9.17, 15) is 14.0 Å². The number of carbonyl (C=O) groups excluding carboxylic acids is 2. The summed E-state index contributed by atoms with van der Waals surface area (Å²) in [6.45, 7) is 3.19. The van der Waals surface area contributed by atoms with Gasteiger partial charge in [-0.1, -0.05) is 0 Å². The van der Waals surface area contributed by atoms with Crippen LogP contribution in [0.2, 0.25) is 0 Å². The van der Waals surface area contributed by atoms with Gasteiger partial charge in [-0.15, -0.1) is 0 Å². The molecule has 0 aliphatic carbocycles. The molecule has 1 aliphatic heterocycles. The zero-order chi connectivity index (χ0) is 14.5. The SMILES string of the molecule is CC(=O)c1ccc(F)cc1OCC(=O)N1CCOCC1. The van der Waals surface area contributed by atoms with Gasteiger partial charge in [-0.3, -0.25) is 9.59 Å². The van der Waals surface area contributed by atoms with Crippen molar-refractivity contribution >= 4 is 11.7 Å². The molecule has 1 heterocycles. The second kappa shape index (κ2) is 6.47. The molecule has 0 atom stereocenters. The van der Waals surface area contributed by atoms with Crippen molar-refractivity contribution < 1.29 is 23.5 Å². The average Bonchev–Trinajstić information content (AvgIpc) is 2.45. The zero-order valence-electron chi connectivity index (χ0n) is 11.2. The van der Waals surface area contributed by atoms with Crippen molar-refractivity contribution in [2.45, 2.75) is 6.92 Å². The molecule has 1 saturated heterocycles. The summed E-state index contributed by atoms with van der Waals surface area (Å²) in [6, 6.07) is 3.66. The Bertz CT molecular complexity index is 512. The predicted molar refractivity (Wildman–Crippen MR) is 69.3 cm³/mol. The summed E-state index contributed by atoms with van der Waals surface area (Å²) in [7, 11) is 0. The number of halogens is 1. The molecule has 1 aliphatic rings. The van der Waals surface area contributed by atoms with Gasteiger partial charge in [-0.05, 0) is 19.1 Å². The highest BCUT2D eigenvalue weighted by atomic mass is 19.1. The molecule has 1 fully saturated rings. The van der Waals surface area contributed by atoms with E-state index >= 15 is 0 Å². The third-order valence-corrected chi connectivity index (χ3v) is 3.04. The van der Waals surface area contributed by atoms with Crippen molar-refractivity contribution in [2.24, 2.45) is 0 Å². The summed E-state index contributed by atoms with van der Waals surface area (Å²) in [4.78, 5) is 24.9. The van der Waals surface area contributed by atoms with E-state index in [1.165, 1.54) is 19.1 Å². The molecule has 0 saturated carbocycles. The lowest BCUT2D eigenvalue weighted by atomic mass is 10.1. The molecule has 20 heavy (non-hydrogen) atoms. The van der Waals surface area contributed by atoms with Gasteiger partial charge in [-0.25, -0.2) is 4.39 Å². The Morgan fingerprint density at radius 3 is 2.70 bits per heavy atom. The first kappa shape index (κ1) is 14.5. The summed E-state index contributed by atoms with van der Waals surface area (Å²) in [5.41, 5.74) is 0.265. The van der Waals surface area contributed by atoms with Crippen LogP contribution in [0, 0.1) is 5.82 Å². The fourth-order valence-corrected chi connectivity index (χ4v) is 1.95. The molecule has 0 radical (unpaired) electrons. The van der Waals surface area contributed by atoms with E-state index in [0.29, 0.717) is 26.3 Å². The largest absolute Gasteiger partial charge is 0.483 e. The minimum Gasteiger partial charge on any atom is -0.483 e. The molecule has 1 aromatic carbocycles. The minimum absolute atomic E-state index is 0.0964. The van der Waals surface area contributed by atoms with E-state index in [1.807, 2.05) is 0 Å². The highest BCUT2D eigenvalue weighted by Crippen LogP contribution is 2.20. The first-order chi connectivity index (χ1) is 9.58. The Labute approximate surface area is 116 Å². The van der Waals surface area contributed by atoms with Gasteiger partial charge < -0.3 is 14.4 Å². The number of ether oxygens (including phenoxy) is 2. The Hall–Kier alpha value is -1.95. The van der Waals surface area contributed by atoms with Crippen molar-refractivity contribution in [1.29, 1.82) is 0 Å². The third kappa shape index (κ3) is 3.54. The maximum atomic E-state index is 13.2. The number of morpholine rings is 1. The third-order valence-electron chi connectivity index (χ3n) is 3.04. The van der Waals surface area contributed by atoms with Crippen molar-refractivity contribution in [3.05, 3.63) is 29.6 Å². The van der Waals surface area contributed by atoms with E-state index in [-0.39, 0.29) is 29.6 Å². The molecule has 0 spiro atoms. The van der Waals surface area contributed by atoms with Crippen LogP contribution in [0.15, 0.2) is 18.2 Å². The van der Waals surface area contributed by atoms with E-state index in [2.05, 4.69) is 0 Å². The number of hydrogen-bond acceptors (Lipinski definition) is 4. The van der Waals surface area contributed by atoms with Crippen LogP contribution in [0.4, 0.5) is 4.39 Å². The smallest absolute Gasteiger partial charge is 0.260 e. The van der Waals surface area contributed by atoms with Crippen LogP contribution in [0.3, 0.4) is 0 Å². The Morgan fingerprint density at radius 1 is 1.35 bits per heavy atom. The van der Waals surface area contributed by atoms with Gasteiger partial charge in [0.05, 0.1) is 18.8 Å². The predicted octanol–water partition coefficient (Wildman–Crippen LogP) is 1.27. The van der Waals surface area contributed by atoms with Crippen molar-refractivity contribution in [1.82, 2.24) is 4.90 Å². The molecule has 5 nitrogen and oxygen atoms in total. The van der Waals surface area contributed by atoms with E-state index in [1.54, 1.807) is 4.90 Å². The molecule has 1 aromatic rings. The number of rotatable bonds is 4. The van der Waals surface area contributed by atoms with Crippen LogP contribution in [-0.4, -0.2) is 49.5 Å². The number of hydrogen-bond donors (Lipinski definition) is 0. The number of nitrogens with zero attached hydrogens (tertiary/aromatic N) is 1. The van der Waals surface area contributed by atoms with Crippen LogP contribution in [0.1, 0.15) is 17.3 Å². The van der Waals surface area contributed by atoms with E-state index in [0.717, 1.165) is 6.07 Å². The van der Waals surface area contributed by atoms with Gasteiger partial charge in [0.1, 0.15) is 11.6 Å². The summed E-state index contributed by atoms with van der Waals surface area (Å²) in [6.07, 6.45) is 0. The standard InChI is InChI=1S/C14H16FNO4/c1-10(17)12-3-2-11(15)8-13(12)20-9-14(18)16-4-6-19-7-5-16/h2-3,8H,4-7,9H2,1H3. The number of Topliss-reactive ketones (excluding diaryl/α,β-unsaturated/α-hetero) is 1. The molecule has 0 unspecified atom stereocenters. The molecule has 108 valence electrons. The first-order valence-corrected chi connectivity index (χ1v) is 6.37. The quantitative estimate of drug-likeness (QED) is 0.780. The second-order valence-electron chi connectivity index (χ2n) is 4.48. The number of carbonyl (C=O) groups is 2. The van der Waals surface area contributed by atoms with Crippen LogP contribution in [0.5, 0.6) is 5.75 Å². The van der Waals surface area contributed by atoms with Crippen LogP contribution >= 0.6 is 0 Å². The van der Waals surface area contributed by atoms with Crippen molar-refractivity contribution in [2.75, 3.05) is 32.9 Å². The Balaban J connectivity index is 2.01. The number of benzene rings is 1. The number of ketones is 1. The fraction of sp³-hybridized carbons (Fsp3) is 0.429. The molecule has 6 heteroatoms. The lowest BCUT2D eigenvalue weighted by molar-refractivity contribution is -0.137. The first-order valence-electron chi connectivity index (χ1n) is 6.37. The van der Waals surface area contributed by atoms with Crippen molar-refractivity contribution in [3.63, 3.8) is 0 Å². The highest BCUT2D eigenvalue weighted by molar-refractivity contribution is 5.96. The van der Waals surface area contributed by atoms with Gasteiger partial charge in [0.2, 0.25) is 0 Å². The van der Waals surface area contributed by atoms with Crippen molar-refractivity contribution in [3.8, 4) is 5.75 Å².